The van der Waals surface area contributed by atoms with Crippen LogP contribution < -0.4 is 4.74 Å². The van der Waals surface area contributed by atoms with E-state index in [0.717, 1.165) is 50.7 Å². The molecule has 5 rings (SSSR count). The fourth-order valence-electron chi connectivity index (χ4n) is 7.29. The molecule has 2 aliphatic rings. The summed E-state index contributed by atoms with van der Waals surface area (Å²) in [6, 6.07) is 18.9. The van der Waals surface area contributed by atoms with Gasteiger partial charge in [0.05, 0.1) is 23.3 Å². The van der Waals surface area contributed by atoms with E-state index in [9.17, 15) is 20.1 Å². The molecule has 0 heterocycles. The van der Waals surface area contributed by atoms with E-state index in [0.29, 0.717) is 18.3 Å². The van der Waals surface area contributed by atoms with Crippen LogP contribution in [0.3, 0.4) is 0 Å². The fraction of sp³-hybridized carbons (Fsp3) is 0.452. The summed E-state index contributed by atoms with van der Waals surface area (Å²) >= 11 is 0. The molecule has 0 radical (unpaired) electrons. The minimum Gasteiger partial charge on any atom is -0.508 e. The summed E-state index contributed by atoms with van der Waals surface area (Å²) in [4.78, 5) is 12.8. The molecule has 0 saturated heterocycles. The van der Waals surface area contributed by atoms with Crippen LogP contribution in [0.25, 0.3) is 5.57 Å². The zero-order valence-corrected chi connectivity index (χ0v) is 28.4. The zero-order chi connectivity index (χ0) is 33.8. The Kier molecular flexibility index (Phi) is 12.8. The number of hydrogen-bond donors (Lipinski definition) is 3. The molecule has 3 aromatic rings. The van der Waals surface area contributed by atoms with Crippen molar-refractivity contribution in [1.82, 2.24) is 0 Å². The van der Waals surface area contributed by atoms with E-state index in [4.69, 9.17) is 9.47 Å². The number of ketones is 1. The first kappa shape index (κ1) is 35.3. The molecule has 0 spiro atoms. The fourth-order valence-corrected chi connectivity index (χ4v) is 7.29. The molecule has 1 atom stereocenters. The van der Waals surface area contributed by atoms with Crippen LogP contribution >= 0.6 is 0 Å². The molecule has 0 bridgehead atoms. The van der Waals surface area contributed by atoms with E-state index in [2.05, 4.69) is 55.5 Å². The third-order valence-electron chi connectivity index (χ3n) is 10.2. The maximum atomic E-state index is 12.8. The summed E-state index contributed by atoms with van der Waals surface area (Å²) in [6.07, 6.45) is 22.4. The molecule has 48 heavy (non-hydrogen) atoms. The van der Waals surface area contributed by atoms with E-state index in [1.54, 1.807) is 6.07 Å². The van der Waals surface area contributed by atoms with Gasteiger partial charge in [-0.25, -0.2) is 0 Å². The van der Waals surface area contributed by atoms with Crippen LogP contribution in [0, 0.1) is 11.8 Å². The second-order valence-corrected chi connectivity index (χ2v) is 13.6. The van der Waals surface area contributed by atoms with E-state index < -0.39 is 5.78 Å². The Bertz CT molecular complexity index is 1530. The predicted octanol–water partition coefficient (Wildman–Crippen LogP) is 10.2. The zero-order valence-electron chi connectivity index (χ0n) is 28.4. The molecule has 2 aliphatic carbocycles. The molecule has 1 fully saturated rings. The second-order valence-electron chi connectivity index (χ2n) is 13.6. The monoisotopic (exact) mass is 652 g/mol. The van der Waals surface area contributed by atoms with Crippen LogP contribution in [0.1, 0.15) is 112 Å². The van der Waals surface area contributed by atoms with Gasteiger partial charge in [-0.2, -0.15) is 0 Å². The lowest BCUT2D eigenvalue weighted by Gasteiger charge is -2.43. The van der Waals surface area contributed by atoms with Gasteiger partial charge in [0.1, 0.15) is 23.0 Å². The largest absolute Gasteiger partial charge is 0.508 e. The van der Waals surface area contributed by atoms with Crippen LogP contribution in [0.15, 0.2) is 85.0 Å². The maximum absolute atomic E-state index is 12.8. The molecule has 3 N–H and O–H groups in total. The van der Waals surface area contributed by atoms with Crippen LogP contribution in [-0.4, -0.2) is 39.9 Å². The number of phenolic OH excluding ortho intramolecular Hbond substituents is 3. The lowest BCUT2D eigenvalue weighted by atomic mass is 9.69. The average molecular weight is 653 g/mol. The Morgan fingerprint density at radius 3 is 2.17 bits per heavy atom. The summed E-state index contributed by atoms with van der Waals surface area (Å²) < 4.78 is 12.7. The van der Waals surface area contributed by atoms with E-state index in [-0.39, 0.29) is 34.0 Å². The van der Waals surface area contributed by atoms with Gasteiger partial charge in [0.15, 0.2) is 5.78 Å². The third kappa shape index (κ3) is 9.31. The van der Waals surface area contributed by atoms with Crippen molar-refractivity contribution in [2.45, 2.75) is 96.0 Å². The van der Waals surface area contributed by atoms with Crippen molar-refractivity contribution in [2.24, 2.45) is 11.8 Å². The minimum absolute atomic E-state index is 0.00441. The Morgan fingerprint density at radius 2 is 1.50 bits per heavy atom. The van der Waals surface area contributed by atoms with Crippen molar-refractivity contribution in [2.75, 3.05) is 13.2 Å². The quantitative estimate of drug-likeness (QED) is 0.0992. The van der Waals surface area contributed by atoms with Crippen LogP contribution in [0.4, 0.5) is 0 Å². The molecule has 6 heteroatoms. The smallest absolute Gasteiger partial charge is 0.200 e. The molecule has 0 aromatic heterocycles. The number of benzene rings is 3. The SMILES string of the molecule is CCCCCC1CCC(C2(OCCCCCCOc3ccc(C(=O)c4ccc(O)cc4O)c(O)c3)C=CC(c3ccccc3)=CC2)CC1. The number of unbranched alkanes of at least 4 members (excludes halogenated alkanes) is 5. The van der Waals surface area contributed by atoms with Gasteiger partial charge in [0.25, 0.3) is 0 Å². The van der Waals surface area contributed by atoms with Gasteiger partial charge in [-0.1, -0.05) is 100 Å². The number of carbonyl (C=O) groups excluding carboxylic acids is 1. The van der Waals surface area contributed by atoms with Gasteiger partial charge >= 0.3 is 0 Å². The average Bonchev–Trinajstić information content (AvgIpc) is 3.10. The highest BCUT2D eigenvalue weighted by Crippen LogP contribution is 2.44. The first-order valence-electron chi connectivity index (χ1n) is 18.0. The first-order chi connectivity index (χ1) is 23.4. The number of allylic oxidation sites excluding steroid dienone is 2. The van der Waals surface area contributed by atoms with Gasteiger partial charge < -0.3 is 24.8 Å². The lowest BCUT2D eigenvalue weighted by Crippen LogP contribution is -2.42. The third-order valence-corrected chi connectivity index (χ3v) is 10.2. The van der Waals surface area contributed by atoms with Gasteiger partial charge in [0.2, 0.25) is 0 Å². The topological polar surface area (TPSA) is 96.2 Å². The minimum atomic E-state index is -0.535. The number of rotatable bonds is 17. The van der Waals surface area contributed by atoms with Crippen molar-refractivity contribution >= 4 is 11.4 Å². The van der Waals surface area contributed by atoms with Crippen molar-refractivity contribution in [3.63, 3.8) is 0 Å². The molecule has 256 valence electrons. The van der Waals surface area contributed by atoms with Gasteiger partial charge in [-0.15, -0.1) is 0 Å². The highest BCUT2D eigenvalue weighted by Gasteiger charge is 2.40. The number of ether oxygens (including phenoxy) is 2. The molecule has 0 amide bonds. The van der Waals surface area contributed by atoms with E-state index in [1.165, 1.54) is 86.8 Å². The molecule has 6 nitrogen and oxygen atoms in total. The number of phenols is 3. The highest BCUT2D eigenvalue weighted by molar-refractivity contribution is 6.12. The van der Waals surface area contributed by atoms with Gasteiger partial charge in [-0.3, -0.25) is 4.79 Å². The number of hydrogen-bond acceptors (Lipinski definition) is 6. The molecule has 1 saturated carbocycles. The molecule has 0 aliphatic heterocycles. The molecule has 1 unspecified atom stereocenters. The Labute approximate surface area is 286 Å². The summed E-state index contributed by atoms with van der Waals surface area (Å²) in [5, 5.41) is 30.0. The van der Waals surface area contributed by atoms with Crippen molar-refractivity contribution in [1.29, 1.82) is 0 Å². The van der Waals surface area contributed by atoms with Gasteiger partial charge in [-0.05, 0) is 85.8 Å². The molecule has 3 aromatic carbocycles. The molecular formula is C42H52O6. The normalized spacial score (nSPS) is 20.7. The Balaban J connectivity index is 1.06. The van der Waals surface area contributed by atoms with Crippen LogP contribution in [0.2, 0.25) is 0 Å². The van der Waals surface area contributed by atoms with E-state index in [1.807, 2.05) is 0 Å². The summed E-state index contributed by atoms with van der Waals surface area (Å²) in [5.41, 5.74) is 2.39. The summed E-state index contributed by atoms with van der Waals surface area (Å²) in [6.45, 7) is 3.54. The van der Waals surface area contributed by atoms with Crippen molar-refractivity contribution in [3.8, 4) is 23.0 Å². The second kappa shape index (κ2) is 17.4. The Hall–Kier alpha value is -4.03. The van der Waals surface area contributed by atoms with Crippen molar-refractivity contribution < 1.29 is 29.6 Å². The molecular weight excluding hydrogens is 600 g/mol. The predicted molar refractivity (Wildman–Crippen MR) is 192 cm³/mol. The van der Waals surface area contributed by atoms with Gasteiger partial charge in [0, 0.05) is 18.7 Å². The standard InChI is InChI=1S/C42H52O6/c1-2-3-7-12-31-15-17-34(18-16-31)42(25-23-33(24-26-42)32-13-8-6-9-14-32)48-28-11-5-4-10-27-47-36-20-22-38(40(45)30-36)41(46)37-21-19-35(43)29-39(37)44/h6,8-9,13-14,19-25,29-31,34,43-45H,2-5,7,10-12,15-18,26-28H2,1H3. The summed E-state index contributed by atoms with van der Waals surface area (Å²) in [7, 11) is 0. The van der Waals surface area contributed by atoms with Crippen LogP contribution in [-0.2, 0) is 4.74 Å². The summed E-state index contributed by atoms with van der Waals surface area (Å²) in [5.74, 6) is 0.676. The number of carbonyl (C=O) groups is 1. The number of aromatic hydroxyl groups is 3. The first-order valence-corrected chi connectivity index (χ1v) is 18.0. The van der Waals surface area contributed by atoms with E-state index >= 15 is 0 Å². The van der Waals surface area contributed by atoms with Crippen LogP contribution in [0.5, 0.6) is 23.0 Å². The highest BCUT2D eigenvalue weighted by atomic mass is 16.5. The Morgan fingerprint density at radius 1 is 0.792 bits per heavy atom. The lowest BCUT2D eigenvalue weighted by molar-refractivity contribution is -0.0648. The maximum Gasteiger partial charge on any atom is 0.200 e. The van der Waals surface area contributed by atoms with Crippen molar-refractivity contribution in [3.05, 3.63) is 102 Å².